The van der Waals surface area contributed by atoms with E-state index in [0.29, 0.717) is 11.8 Å². The molecule has 11 heavy (non-hydrogen) atoms. The minimum absolute atomic E-state index is 0.308. The van der Waals surface area contributed by atoms with Crippen molar-refractivity contribution < 1.29 is 5.11 Å². The van der Waals surface area contributed by atoms with Gasteiger partial charge in [-0.3, -0.25) is 0 Å². The van der Waals surface area contributed by atoms with E-state index in [1.165, 1.54) is 4.68 Å². The van der Waals surface area contributed by atoms with Crippen molar-refractivity contribution >= 4 is 5.95 Å². The largest absolute Gasteiger partial charge is 0.382 e. The molecule has 5 heteroatoms. The van der Waals surface area contributed by atoms with Crippen molar-refractivity contribution in [1.82, 2.24) is 14.8 Å². The first-order valence-electron chi connectivity index (χ1n) is 3.30. The first kappa shape index (κ1) is 8.00. The van der Waals surface area contributed by atoms with Crippen LogP contribution in [0.1, 0.15) is 19.7 Å². The van der Waals surface area contributed by atoms with E-state index < -0.39 is 5.60 Å². The van der Waals surface area contributed by atoms with Crippen LogP contribution in [0.3, 0.4) is 0 Å². The lowest BCUT2D eigenvalue weighted by molar-refractivity contribution is 0.0687. The van der Waals surface area contributed by atoms with Crippen LogP contribution in [0.2, 0.25) is 0 Å². The highest BCUT2D eigenvalue weighted by Gasteiger charge is 2.21. The molecule has 0 fully saturated rings. The Balaban J connectivity index is 3.08. The van der Waals surface area contributed by atoms with Gasteiger partial charge in [-0.05, 0) is 13.8 Å². The number of rotatable bonds is 1. The van der Waals surface area contributed by atoms with Gasteiger partial charge in [0.15, 0.2) is 5.82 Å². The van der Waals surface area contributed by atoms with Gasteiger partial charge in [-0.1, -0.05) is 0 Å². The number of nitrogens with zero attached hydrogens (tertiary/aromatic N) is 3. The van der Waals surface area contributed by atoms with E-state index >= 15 is 0 Å². The summed E-state index contributed by atoms with van der Waals surface area (Å²) >= 11 is 0. The van der Waals surface area contributed by atoms with E-state index in [1.807, 2.05) is 0 Å². The second-order valence-corrected chi connectivity index (χ2v) is 2.98. The molecule has 0 amide bonds. The van der Waals surface area contributed by atoms with Gasteiger partial charge in [0, 0.05) is 7.05 Å². The maximum atomic E-state index is 9.43. The average Bonchev–Trinajstić information content (AvgIpc) is 2.11. The summed E-state index contributed by atoms with van der Waals surface area (Å²) < 4.78 is 1.42. The first-order chi connectivity index (χ1) is 4.91. The molecule has 0 aliphatic heterocycles. The van der Waals surface area contributed by atoms with E-state index in [2.05, 4.69) is 10.1 Å². The molecule has 1 heterocycles. The van der Waals surface area contributed by atoms with Crippen LogP contribution in [-0.2, 0) is 12.6 Å². The molecule has 62 valence electrons. The van der Waals surface area contributed by atoms with Gasteiger partial charge in [-0.25, -0.2) is 4.68 Å². The van der Waals surface area contributed by atoms with Crippen LogP contribution in [0.5, 0.6) is 0 Å². The van der Waals surface area contributed by atoms with E-state index in [-0.39, 0.29) is 0 Å². The summed E-state index contributed by atoms with van der Waals surface area (Å²) in [4.78, 5) is 3.86. The first-order valence-corrected chi connectivity index (χ1v) is 3.30. The summed E-state index contributed by atoms with van der Waals surface area (Å²) in [5.41, 5.74) is 4.40. The molecule has 1 rings (SSSR count). The van der Waals surface area contributed by atoms with Gasteiger partial charge in [-0.2, -0.15) is 10.1 Å². The SMILES string of the molecule is Cn1nc(C(C)(C)O)nc1N. The number of aliphatic hydroxyl groups is 1. The smallest absolute Gasteiger partial charge is 0.218 e. The molecule has 0 radical (unpaired) electrons. The number of hydrogen-bond acceptors (Lipinski definition) is 4. The average molecular weight is 156 g/mol. The fraction of sp³-hybridized carbons (Fsp3) is 0.667. The molecule has 0 spiro atoms. The van der Waals surface area contributed by atoms with Crippen LogP contribution in [0.15, 0.2) is 0 Å². The Labute approximate surface area is 64.9 Å². The van der Waals surface area contributed by atoms with E-state index in [4.69, 9.17) is 5.73 Å². The Morgan fingerprint density at radius 2 is 2.09 bits per heavy atom. The molecule has 0 aliphatic rings. The van der Waals surface area contributed by atoms with Crippen molar-refractivity contribution in [2.24, 2.45) is 7.05 Å². The molecular weight excluding hydrogens is 144 g/mol. The molecule has 0 aliphatic carbocycles. The fourth-order valence-corrected chi connectivity index (χ4v) is 0.656. The quantitative estimate of drug-likeness (QED) is 0.581. The Bertz CT molecular complexity index is 241. The molecule has 0 aromatic carbocycles. The molecule has 0 bridgehead atoms. The minimum atomic E-state index is -1.02. The molecular formula is C6H12N4O. The summed E-state index contributed by atoms with van der Waals surface area (Å²) in [6, 6.07) is 0. The molecule has 5 nitrogen and oxygen atoms in total. The maximum absolute atomic E-state index is 9.43. The summed E-state index contributed by atoms with van der Waals surface area (Å²) in [5, 5.41) is 13.3. The predicted octanol–water partition coefficient (Wildman–Crippen LogP) is -0.375. The predicted molar refractivity (Wildman–Crippen MR) is 40.7 cm³/mol. The number of anilines is 1. The fourth-order valence-electron chi connectivity index (χ4n) is 0.656. The van der Waals surface area contributed by atoms with Crippen LogP contribution >= 0.6 is 0 Å². The van der Waals surface area contributed by atoms with Crippen molar-refractivity contribution in [3.63, 3.8) is 0 Å². The second-order valence-electron chi connectivity index (χ2n) is 2.98. The molecule has 0 saturated heterocycles. The van der Waals surface area contributed by atoms with Crippen LogP contribution < -0.4 is 5.73 Å². The lowest BCUT2D eigenvalue weighted by atomic mass is 10.1. The zero-order valence-electron chi connectivity index (χ0n) is 6.87. The third-order valence-corrected chi connectivity index (χ3v) is 1.34. The van der Waals surface area contributed by atoms with E-state index in [9.17, 15) is 5.11 Å². The van der Waals surface area contributed by atoms with Crippen molar-refractivity contribution in [3.8, 4) is 0 Å². The summed E-state index contributed by atoms with van der Waals surface area (Å²) in [6.45, 7) is 3.23. The number of aromatic nitrogens is 3. The van der Waals surface area contributed by atoms with Crippen LogP contribution in [-0.4, -0.2) is 19.9 Å². The Morgan fingerprint density at radius 1 is 1.55 bits per heavy atom. The van der Waals surface area contributed by atoms with Gasteiger partial charge in [0.2, 0.25) is 5.95 Å². The van der Waals surface area contributed by atoms with Crippen molar-refractivity contribution in [2.45, 2.75) is 19.4 Å². The number of hydrogen-bond donors (Lipinski definition) is 2. The van der Waals surface area contributed by atoms with Crippen molar-refractivity contribution in [1.29, 1.82) is 0 Å². The molecule has 3 N–H and O–H groups in total. The molecule has 1 aromatic rings. The van der Waals surface area contributed by atoms with Gasteiger partial charge < -0.3 is 10.8 Å². The molecule has 0 atom stereocenters. The van der Waals surface area contributed by atoms with Gasteiger partial charge in [0.25, 0.3) is 0 Å². The highest BCUT2D eigenvalue weighted by atomic mass is 16.3. The molecule has 0 saturated carbocycles. The Morgan fingerprint density at radius 3 is 2.27 bits per heavy atom. The summed E-state index contributed by atoms with van der Waals surface area (Å²) in [7, 11) is 1.68. The number of nitrogens with two attached hydrogens (primary N) is 1. The van der Waals surface area contributed by atoms with Crippen molar-refractivity contribution in [2.75, 3.05) is 5.73 Å². The standard InChI is InChI=1S/C6H12N4O/c1-6(2,11)4-8-5(7)10(3)9-4/h11H,1-3H3,(H2,7,8,9). The summed E-state index contributed by atoms with van der Waals surface area (Å²) in [5.74, 6) is 0.652. The van der Waals surface area contributed by atoms with Crippen molar-refractivity contribution in [3.05, 3.63) is 5.82 Å². The Kier molecular flexibility index (Phi) is 1.60. The normalized spacial score (nSPS) is 12.0. The second kappa shape index (κ2) is 2.20. The number of nitrogen functional groups attached to an aromatic ring is 1. The lowest BCUT2D eigenvalue weighted by Gasteiger charge is -2.10. The molecule has 1 aromatic heterocycles. The molecule has 0 unspecified atom stereocenters. The van der Waals surface area contributed by atoms with Crippen LogP contribution in [0.4, 0.5) is 5.95 Å². The Hall–Kier alpha value is -1.10. The third kappa shape index (κ3) is 1.48. The monoisotopic (exact) mass is 156 g/mol. The summed E-state index contributed by atoms with van der Waals surface area (Å²) in [6.07, 6.45) is 0. The van der Waals surface area contributed by atoms with Gasteiger partial charge in [0.05, 0.1) is 0 Å². The maximum Gasteiger partial charge on any atom is 0.218 e. The van der Waals surface area contributed by atoms with E-state index in [0.717, 1.165) is 0 Å². The topological polar surface area (TPSA) is 77.0 Å². The highest BCUT2D eigenvalue weighted by Crippen LogP contribution is 2.15. The van der Waals surface area contributed by atoms with E-state index in [1.54, 1.807) is 20.9 Å². The highest BCUT2D eigenvalue weighted by molar-refractivity contribution is 5.17. The third-order valence-electron chi connectivity index (χ3n) is 1.34. The number of aryl methyl sites for hydroxylation is 1. The minimum Gasteiger partial charge on any atom is -0.382 e. The van der Waals surface area contributed by atoms with Gasteiger partial charge in [-0.15, -0.1) is 0 Å². The lowest BCUT2D eigenvalue weighted by Crippen LogP contribution is -2.17. The van der Waals surface area contributed by atoms with Crippen LogP contribution in [0, 0.1) is 0 Å². The zero-order chi connectivity index (χ0) is 8.65. The van der Waals surface area contributed by atoms with Gasteiger partial charge >= 0.3 is 0 Å². The zero-order valence-corrected chi connectivity index (χ0v) is 6.87. The van der Waals surface area contributed by atoms with Gasteiger partial charge in [0.1, 0.15) is 5.60 Å². The van der Waals surface area contributed by atoms with Crippen LogP contribution in [0.25, 0.3) is 0 Å².